The number of nitrogens with zero attached hydrogens (tertiary/aromatic N) is 2. The van der Waals surface area contributed by atoms with Gasteiger partial charge < -0.3 is 10.1 Å². The number of nitrogens with one attached hydrogen (secondary N) is 2. The summed E-state index contributed by atoms with van der Waals surface area (Å²) in [6.07, 6.45) is 3.90. The number of hydrogen-bond donors (Lipinski definition) is 2. The molecule has 3 aromatic rings. The van der Waals surface area contributed by atoms with E-state index in [0.29, 0.717) is 16.7 Å². The Morgan fingerprint density at radius 3 is 3.11 bits per heavy atom. The number of amides is 1. The number of anilines is 1. The number of H-pyrrole nitrogens is 1. The second-order valence-electron chi connectivity index (χ2n) is 6.61. The normalized spacial score (nSPS) is 17.1. The van der Waals surface area contributed by atoms with Crippen molar-refractivity contribution < 1.29 is 9.53 Å². The molecule has 7 heteroatoms. The van der Waals surface area contributed by atoms with Crippen LogP contribution in [0, 0.1) is 0 Å². The lowest BCUT2D eigenvalue weighted by Crippen LogP contribution is -2.22. The number of thiophene rings is 1. The molecule has 0 aliphatic carbocycles. The van der Waals surface area contributed by atoms with Gasteiger partial charge in [0.15, 0.2) is 0 Å². The molecule has 0 saturated carbocycles. The molecule has 0 radical (unpaired) electrons. The highest BCUT2D eigenvalue weighted by Gasteiger charge is 2.28. The van der Waals surface area contributed by atoms with E-state index in [4.69, 9.17) is 4.74 Å². The number of hydrogen-bond acceptors (Lipinski definition) is 5. The molecule has 1 saturated heterocycles. The van der Waals surface area contributed by atoms with Crippen LogP contribution in [-0.4, -0.2) is 34.7 Å². The van der Waals surface area contributed by atoms with Gasteiger partial charge in [-0.05, 0) is 49.2 Å². The van der Waals surface area contributed by atoms with Crippen LogP contribution in [-0.2, 0) is 6.54 Å². The lowest BCUT2D eigenvalue weighted by atomic mass is 10.1. The zero-order valence-electron chi connectivity index (χ0n) is 15.1. The Hall–Kier alpha value is -2.64. The molecule has 1 aliphatic rings. The van der Waals surface area contributed by atoms with E-state index in [2.05, 4.69) is 38.6 Å². The molecule has 3 heterocycles. The number of rotatable bonds is 6. The summed E-state index contributed by atoms with van der Waals surface area (Å²) in [7, 11) is 1.69. The molecular formula is C20H22N4O2S. The van der Waals surface area contributed by atoms with Gasteiger partial charge in [0.1, 0.15) is 11.6 Å². The summed E-state index contributed by atoms with van der Waals surface area (Å²) in [6, 6.07) is 14.3. The third-order valence-electron chi connectivity index (χ3n) is 4.81. The van der Waals surface area contributed by atoms with Crippen molar-refractivity contribution in [2.75, 3.05) is 19.0 Å². The maximum absolute atomic E-state index is 12.4. The molecule has 2 N–H and O–H groups in total. The highest BCUT2D eigenvalue weighted by molar-refractivity contribution is 7.14. The largest absolute Gasteiger partial charge is 0.497 e. The van der Waals surface area contributed by atoms with Crippen LogP contribution < -0.4 is 10.1 Å². The first-order valence-electron chi connectivity index (χ1n) is 9.00. The number of likely N-dealkylation sites (tertiary alicyclic amines) is 1. The van der Waals surface area contributed by atoms with Crippen molar-refractivity contribution >= 4 is 23.1 Å². The molecule has 1 amide bonds. The molecule has 1 atom stereocenters. The first kappa shape index (κ1) is 17.8. The van der Waals surface area contributed by atoms with Gasteiger partial charge in [0.2, 0.25) is 0 Å². The number of methoxy groups -OCH3 is 1. The quantitative estimate of drug-likeness (QED) is 0.674. The molecule has 0 spiro atoms. The van der Waals surface area contributed by atoms with E-state index in [1.165, 1.54) is 16.9 Å². The van der Waals surface area contributed by atoms with Gasteiger partial charge in [-0.3, -0.25) is 14.8 Å². The lowest BCUT2D eigenvalue weighted by Gasteiger charge is -2.23. The van der Waals surface area contributed by atoms with Gasteiger partial charge in [-0.15, -0.1) is 11.3 Å². The smallest absolute Gasteiger partial charge is 0.266 e. The average Bonchev–Trinajstić information content (AvgIpc) is 3.43. The summed E-state index contributed by atoms with van der Waals surface area (Å²) in [5, 5.41) is 9.43. The lowest BCUT2D eigenvalue weighted by molar-refractivity contribution is 0.103. The van der Waals surface area contributed by atoms with Gasteiger partial charge in [0.25, 0.3) is 5.91 Å². The van der Waals surface area contributed by atoms with Crippen molar-refractivity contribution in [3.63, 3.8) is 0 Å². The SMILES string of the molecule is COc1cccc(CN2CCCC2c2ccc(C(=O)Nc3ccn[nH]3)s2)c1. The van der Waals surface area contributed by atoms with Crippen LogP contribution in [0.5, 0.6) is 5.75 Å². The molecule has 27 heavy (non-hydrogen) atoms. The predicted molar refractivity (Wildman–Crippen MR) is 106 cm³/mol. The van der Waals surface area contributed by atoms with Crippen LogP contribution in [0.25, 0.3) is 0 Å². The first-order valence-corrected chi connectivity index (χ1v) is 9.82. The van der Waals surface area contributed by atoms with Gasteiger partial charge in [-0.1, -0.05) is 12.1 Å². The Labute approximate surface area is 162 Å². The summed E-state index contributed by atoms with van der Waals surface area (Å²) in [4.78, 5) is 16.8. The molecular weight excluding hydrogens is 360 g/mol. The van der Waals surface area contributed by atoms with Crippen LogP contribution in [0.15, 0.2) is 48.7 Å². The number of aromatic amines is 1. The standard InChI is InChI=1S/C20H22N4O2S/c1-26-15-5-2-4-14(12-15)13-24-11-3-6-16(24)17-7-8-18(27-17)20(25)22-19-9-10-21-23-19/h2,4-5,7-10,12,16H,3,6,11,13H2,1H3,(H2,21,22,23,25). The third kappa shape index (κ3) is 4.04. The Morgan fingerprint density at radius 2 is 2.30 bits per heavy atom. The minimum Gasteiger partial charge on any atom is -0.497 e. The van der Waals surface area contributed by atoms with E-state index >= 15 is 0 Å². The number of benzene rings is 1. The van der Waals surface area contributed by atoms with E-state index in [-0.39, 0.29) is 5.91 Å². The van der Waals surface area contributed by atoms with Gasteiger partial charge in [-0.25, -0.2) is 0 Å². The van der Waals surface area contributed by atoms with Gasteiger partial charge in [-0.2, -0.15) is 5.10 Å². The van der Waals surface area contributed by atoms with E-state index in [0.717, 1.165) is 25.3 Å². The van der Waals surface area contributed by atoms with E-state index in [1.54, 1.807) is 30.7 Å². The van der Waals surface area contributed by atoms with Crippen molar-refractivity contribution in [3.8, 4) is 5.75 Å². The van der Waals surface area contributed by atoms with E-state index < -0.39 is 0 Å². The zero-order valence-corrected chi connectivity index (χ0v) is 16.0. The Morgan fingerprint density at radius 1 is 1.37 bits per heavy atom. The molecule has 2 aromatic heterocycles. The summed E-state index contributed by atoms with van der Waals surface area (Å²) in [6.45, 7) is 1.95. The molecule has 6 nitrogen and oxygen atoms in total. The van der Waals surface area contributed by atoms with Crippen molar-refractivity contribution in [3.05, 3.63) is 64.0 Å². The maximum Gasteiger partial charge on any atom is 0.266 e. The molecule has 1 aromatic carbocycles. The summed E-state index contributed by atoms with van der Waals surface area (Å²) in [5.74, 6) is 1.39. The van der Waals surface area contributed by atoms with Crippen LogP contribution in [0.1, 0.15) is 39.0 Å². The zero-order chi connectivity index (χ0) is 18.6. The maximum atomic E-state index is 12.4. The first-order chi connectivity index (χ1) is 13.2. The van der Waals surface area contributed by atoms with Crippen LogP contribution in [0.4, 0.5) is 5.82 Å². The minimum atomic E-state index is -0.104. The van der Waals surface area contributed by atoms with Crippen LogP contribution >= 0.6 is 11.3 Å². The summed E-state index contributed by atoms with van der Waals surface area (Å²) < 4.78 is 5.34. The summed E-state index contributed by atoms with van der Waals surface area (Å²) in [5.41, 5.74) is 1.25. The van der Waals surface area contributed by atoms with E-state index in [9.17, 15) is 4.79 Å². The van der Waals surface area contributed by atoms with Crippen molar-refractivity contribution in [1.82, 2.24) is 15.1 Å². The summed E-state index contributed by atoms with van der Waals surface area (Å²) >= 11 is 1.57. The molecule has 0 bridgehead atoms. The van der Waals surface area contributed by atoms with Gasteiger partial charge in [0, 0.05) is 23.5 Å². The molecule has 1 fully saturated rings. The van der Waals surface area contributed by atoms with Crippen molar-refractivity contribution in [2.24, 2.45) is 0 Å². The number of aromatic nitrogens is 2. The second kappa shape index (κ2) is 7.94. The third-order valence-corrected chi connectivity index (χ3v) is 6.00. The fourth-order valence-electron chi connectivity index (χ4n) is 3.51. The number of carbonyl (C=O) groups excluding carboxylic acids is 1. The highest BCUT2D eigenvalue weighted by Crippen LogP contribution is 2.37. The molecule has 1 unspecified atom stereocenters. The topological polar surface area (TPSA) is 70.2 Å². The average molecular weight is 382 g/mol. The monoisotopic (exact) mass is 382 g/mol. The Bertz CT molecular complexity index is 906. The highest BCUT2D eigenvalue weighted by atomic mass is 32.1. The number of carbonyl (C=O) groups is 1. The van der Waals surface area contributed by atoms with Gasteiger partial charge >= 0.3 is 0 Å². The molecule has 4 rings (SSSR count). The number of ether oxygens (including phenoxy) is 1. The second-order valence-corrected chi connectivity index (χ2v) is 7.72. The molecule has 1 aliphatic heterocycles. The Balaban J connectivity index is 1.45. The van der Waals surface area contributed by atoms with Crippen LogP contribution in [0.3, 0.4) is 0 Å². The fourth-order valence-corrected chi connectivity index (χ4v) is 4.58. The van der Waals surface area contributed by atoms with E-state index in [1.807, 2.05) is 18.2 Å². The van der Waals surface area contributed by atoms with Gasteiger partial charge in [0.05, 0.1) is 18.2 Å². The predicted octanol–water partition coefficient (Wildman–Crippen LogP) is 4.07. The van der Waals surface area contributed by atoms with Crippen molar-refractivity contribution in [1.29, 1.82) is 0 Å². The van der Waals surface area contributed by atoms with Crippen LogP contribution in [0.2, 0.25) is 0 Å². The molecule has 140 valence electrons. The van der Waals surface area contributed by atoms with Crippen molar-refractivity contribution in [2.45, 2.75) is 25.4 Å². The fraction of sp³-hybridized carbons (Fsp3) is 0.300. The Kier molecular flexibility index (Phi) is 5.22. The minimum absolute atomic E-state index is 0.104.